The molecule has 0 aliphatic carbocycles. The van der Waals surface area contributed by atoms with Crippen molar-refractivity contribution in [1.82, 2.24) is 5.32 Å². The molecule has 2 nitrogen and oxygen atoms in total. The topological polar surface area (TPSA) is 29.1 Å². The molecule has 3 heteroatoms. The molecule has 0 aliphatic rings. The molecule has 0 saturated heterocycles. The Balaban J connectivity index is 2.77. The monoisotopic (exact) mass is 237 g/mol. The molecule has 0 aliphatic heterocycles. The van der Waals surface area contributed by atoms with Gasteiger partial charge in [-0.3, -0.25) is 4.79 Å². The fraction of sp³-hybridized carbons (Fsp3) is 0.462. The minimum absolute atomic E-state index is 0.0113. The molecule has 0 saturated carbocycles. The number of hydrogen-bond acceptors (Lipinski definition) is 2. The molecule has 1 aromatic carbocycles. The Kier molecular flexibility index (Phi) is 4.42. The fourth-order valence-corrected chi connectivity index (χ4v) is 2.39. The van der Waals surface area contributed by atoms with Gasteiger partial charge in [0, 0.05) is 16.9 Å². The van der Waals surface area contributed by atoms with Crippen molar-refractivity contribution in [3.8, 4) is 0 Å². The number of hydrogen-bond donors (Lipinski definition) is 1. The highest BCUT2D eigenvalue weighted by Crippen LogP contribution is 2.13. The maximum absolute atomic E-state index is 12.0. The second-order valence-electron chi connectivity index (χ2n) is 4.59. The lowest BCUT2D eigenvalue weighted by Crippen LogP contribution is -2.45. The minimum Gasteiger partial charge on any atom is -0.346 e. The van der Waals surface area contributed by atoms with Gasteiger partial charge in [0.05, 0.1) is 0 Å². The summed E-state index contributed by atoms with van der Waals surface area (Å²) in [6, 6.07) is 7.65. The average Bonchev–Trinajstić information content (AvgIpc) is 2.17. The molecular weight excluding hydrogens is 218 g/mol. The van der Waals surface area contributed by atoms with Crippen molar-refractivity contribution in [2.75, 3.05) is 12.0 Å². The third-order valence-corrected chi connectivity index (χ3v) is 3.36. The number of carbonyl (C=O) groups is 1. The number of benzene rings is 1. The minimum atomic E-state index is -0.168. The van der Waals surface area contributed by atoms with E-state index in [1.807, 2.05) is 51.3 Å². The number of nitrogens with one attached hydrogen (secondary N) is 1. The van der Waals surface area contributed by atoms with E-state index in [0.717, 1.165) is 16.9 Å². The van der Waals surface area contributed by atoms with E-state index >= 15 is 0 Å². The maximum Gasteiger partial charge on any atom is 0.251 e. The van der Waals surface area contributed by atoms with Crippen molar-refractivity contribution in [3.63, 3.8) is 0 Å². The van der Waals surface area contributed by atoms with E-state index in [0.29, 0.717) is 0 Å². The summed E-state index contributed by atoms with van der Waals surface area (Å²) in [5, 5.41) is 3.05. The summed E-state index contributed by atoms with van der Waals surface area (Å²) in [6.07, 6.45) is 2.04. The Morgan fingerprint density at radius 2 is 2.00 bits per heavy atom. The third kappa shape index (κ3) is 3.56. The molecule has 88 valence electrons. The lowest BCUT2D eigenvalue weighted by molar-refractivity contribution is 0.0920. The van der Waals surface area contributed by atoms with E-state index in [2.05, 4.69) is 5.32 Å². The fourth-order valence-electron chi connectivity index (χ4n) is 1.60. The zero-order valence-corrected chi connectivity index (χ0v) is 11.1. The number of carbonyl (C=O) groups excluding carboxylic acids is 1. The quantitative estimate of drug-likeness (QED) is 0.872. The van der Waals surface area contributed by atoms with Crippen molar-refractivity contribution < 1.29 is 4.79 Å². The molecule has 0 atom stereocenters. The lowest BCUT2D eigenvalue weighted by atomic mass is 10.0. The first-order valence-electron chi connectivity index (χ1n) is 5.33. The zero-order chi connectivity index (χ0) is 12.2. The highest BCUT2D eigenvalue weighted by Gasteiger charge is 2.20. The van der Waals surface area contributed by atoms with E-state index in [-0.39, 0.29) is 11.4 Å². The van der Waals surface area contributed by atoms with Gasteiger partial charge in [0.1, 0.15) is 0 Å². The van der Waals surface area contributed by atoms with Gasteiger partial charge in [0.15, 0.2) is 0 Å². The van der Waals surface area contributed by atoms with Crippen LogP contribution in [0.2, 0.25) is 0 Å². The van der Waals surface area contributed by atoms with Gasteiger partial charge < -0.3 is 5.32 Å². The molecule has 0 radical (unpaired) electrons. The molecule has 0 fully saturated rings. The molecule has 1 amide bonds. The summed E-state index contributed by atoms with van der Waals surface area (Å²) in [4.78, 5) is 12.0. The Labute approximate surface area is 102 Å². The summed E-state index contributed by atoms with van der Waals surface area (Å²) in [6.45, 7) is 6.04. The average molecular weight is 237 g/mol. The van der Waals surface area contributed by atoms with Gasteiger partial charge in [0.25, 0.3) is 5.91 Å². The first-order chi connectivity index (χ1) is 7.46. The zero-order valence-electron chi connectivity index (χ0n) is 10.3. The Morgan fingerprint density at radius 1 is 1.38 bits per heavy atom. The van der Waals surface area contributed by atoms with Crippen LogP contribution in [0.5, 0.6) is 0 Å². The van der Waals surface area contributed by atoms with Crippen molar-refractivity contribution in [3.05, 3.63) is 35.4 Å². The van der Waals surface area contributed by atoms with Gasteiger partial charge in [-0.25, -0.2) is 0 Å². The first kappa shape index (κ1) is 13.1. The van der Waals surface area contributed by atoms with Crippen LogP contribution in [0.4, 0.5) is 0 Å². The predicted octanol–water partition coefficient (Wildman–Crippen LogP) is 2.87. The highest BCUT2D eigenvalue weighted by atomic mass is 32.2. The van der Waals surface area contributed by atoms with Crippen LogP contribution in [-0.2, 0) is 0 Å². The Hall–Kier alpha value is -0.960. The van der Waals surface area contributed by atoms with Crippen LogP contribution in [0.3, 0.4) is 0 Å². The first-order valence-corrected chi connectivity index (χ1v) is 6.73. The number of thioether (sulfide) groups is 1. The largest absolute Gasteiger partial charge is 0.346 e. The predicted molar refractivity (Wildman–Crippen MR) is 71.1 cm³/mol. The van der Waals surface area contributed by atoms with Crippen LogP contribution in [0.25, 0.3) is 0 Å². The second kappa shape index (κ2) is 5.39. The van der Waals surface area contributed by atoms with Crippen molar-refractivity contribution in [2.45, 2.75) is 26.3 Å². The Morgan fingerprint density at radius 3 is 2.56 bits per heavy atom. The highest BCUT2D eigenvalue weighted by molar-refractivity contribution is 7.98. The number of rotatable bonds is 4. The van der Waals surface area contributed by atoms with Gasteiger partial charge in [-0.05, 0) is 38.7 Å². The van der Waals surface area contributed by atoms with Gasteiger partial charge in [-0.2, -0.15) is 11.8 Å². The molecule has 1 rings (SSSR count). The number of aryl methyl sites for hydroxylation is 1. The van der Waals surface area contributed by atoms with E-state index in [1.54, 1.807) is 11.8 Å². The summed E-state index contributed by atoms with van der Waals surface area (Å²) >= 11 is 1.74. The molecule has 1 N–H and O–H groups in total. The van der Waals surface area contributed by atoms with Crippen LogP contribution in [0, 0.1) is 6.92 Å². The van der Waals surface area contributed by atoms with Crippen LogP contribution < -0.4 is 5.32 Å². The summed E-state index contributed by atoms with van der Waals surface area (Å²) in [7, 11) is 0. The molecule has 0 heterocycles. The van der Waals surface area contributed by atoms with Crippen molar-refractivity contribution in [2.24, 2.45) is 0 Å². The van der Waals surface area contributed by atoms with Crippen LogP contribution in [-0.4, -0.2) is 23.5 Å². The van der Waals surface area contributed by atoms with Gasteiger partial charge in [-0.1, -0.05) is 18.2 Å². The Bertz CT molecular complexity index is 374. The van der Waals surface area contributed by atoms with Crippen LogP contribution in [0.1, 0.15) is 29.8 Å². The smallest absolute Gasteiger partial charge is 0.251 e. The number of amides is 1. The molecule has 1 aromatic rings. The SMILES string of the molecule is CSCC(C)(C)NC(=O)c1ccccc1C. The molecule has 0 bridgehead atoms. The standard InChI is InChI=1S/C13H19NOS/c1-10-7-5-6-8-11(10)12(15)14-13(2,3)9-16-4/h5-8H,9H2,1-4H3,(H,14,15). The normalized spacial score (nSPS) is 11.2. The molecule has 16 heavy (non-hydrogen) atoms. The molecule has 0 aromatic heterocycles. The van der Waals surface area contributed by atoms with Crippen molar-refractivity contribution in [1.29, 1.82) is 0 Å². The van der Waals surface area contributed by atoms with Gasteiger partial charge in [-0.15, -0.1) is 0 Å². The van der Waals surface area contributed by atoms with E-state index in [4.69, 9.17) is 0 Å². The van der Waals surface area contributed by atoms with Gasteiger partial charge >= 0.3 is 0 Å². The van der Waals surface area contributed by atoms with E-state index < -0.39 is 0 Å². The molecular formula is C13H19NOS. The lowest BCUT2D eigenvalue weighted by Gasteiger charge is -2.25. The third-order valence-electron chi connectivity index (χ3n) is 2.35. The van der Waals surface area contributed by atoms with Crippen LogP contribution in [0.15, 0.2) is 24.3 Å². The van der Waals surface area contributed by atoms with Crippen molar-refractivity contribution >= 4 is 17.7 Å². The second-order valence-corrected chi connectivity index (χ2v) is 5.45. The summed E-state index contributed by atoms with van der Waals surface area (Å²) in [5.74, 6) is 0.919. The van der Waals surface area contributed by atoms with Crippen LogP contribution >= 0.6 is 11.8 Å². The summed E-state index contributed by atoms with van der Waals surface area (Å²) < 4.78 is 0. The van der Waals surface area contributed by atoms with Gasteiger partial charge in [0.2, 0.25) is 0 Å². The molecule has 0 unspecified atom stereocenters. The van der Waals surface area contributed by atoms with E-state index in [9.17, 15) is 4.79 Å². The van der Waals surface area contributed by atoms with E-state index in [1.165, 1.54) is 0 Å². The molecule has 0 spiro atoms. The summed E-state index contributed by atoms with van der Waals surface area (Å²) in [5.41, 5.74) is 1.61. The maximum atomic E-state index is 12.0.